The first kappa shape index (κ1) is 14.3. The molecule has 0 saturated heterocycles. The van der Waals surface area contributed by atoms with Crippen molar-refractivity contribution >= 4 is 5.97 Å². The molecule has 5 nitrogen and oxygen atoms in total. The molecule has 1 aromatic carbocycles. The van der Waals surface area contributed by atoms with Crippen LogP contribution in [0, 0.1) is 0 Å². The lowest BCUT2D eigenvalue weighted by Gasteiger charge is -2.25. The van der Waals surface area contributed by atoms with Gasteiger partial charge in [0.25, 0.3) is 0 Å². The van der Waals surface area contributed by atoms with E-state index in [-0.39, 0.29) is 12.6 Å². The molecule has 1 rings (SSSR count). The van der Waals surface area contributed by atoms with Crippen molar-refractivity contribution in [1.82, 2.24) is 5.32 Å². The van der Waals surface area contributed by atoms with Gasteiger partial charge in [0.15, 0.2) is 0 Å². The summed E-state index contributed by atoms with van der Waals surface area (Å²) in [5.74, 6) is 1.06. The van der Waals surface area contributed by atoms with E-state index < -0.39 is 5.54 Å². The molecule has 18 heavy (non-hydrogen) atoms. The predicted molar refractivity (Wildman–Crippen MR) is 68.0 cm³/mol. The van der Waals surface area contributed by atoms with Crippen molar-refractivity contribution < 1.29 is 19.0 Å². The van der Waals surface area contributed by atoms with Crippen LogP contribution in [0.15, 0.2) is 24.3 Å². The van der Waals surface area contributed by atoms with E-state index in [0.717, 1.165) is 5.75 Å². The Morgan fingerprint density at radius 2 is 1.78 bits per heavy atom. The van der Waals surface area contributed by atoms with Crippen LogP contribution in [0.5, 0.6) is 11.5 Å². The summed E-state index contributed by atoms with van der Waals surface area (Å²) in [7, 11) is 4.64. The van der Waals surface area contributed by atoms with Crippen LogP contribution in [-0.4, -0.2) is 39.4 Å². The molecule has 0 aliphatic rings. The second-order valence-corrected chi connectivity index (χ2v) is 4.04. The van der Waals surface area contributed by atoms with Gasteiger partial charge in [0.05, 0.1) is 14.2 Å². The van der Waals surface area contributed by atoms with Gasteiger partial charge in [-0.25, -0.2) is 4.79 Å². The van der Waals surface area contributed by atoms with Crippen molar-refractivity contribution in [2.45, 2.75) is 12.5 Å². The fraction of sp³-hybridized carbons (Fsp3) is 0.462. The molecule has 0 aliphatic heterocycles. The minimum atomic E-state index is -0.866. The highest BCUT2D eigenvalue weighted by Crippen LogP contribution is 2.18. The molecule has 0 spiro atoms. The molecule has 0 bridgehead atoms. The molecule has 100 valence electrons. The number of nitrogens with one attached hydrogen (secondary N) is 1. The summed E-state index contributed by atoms with van der Waals surface area (Å²) in [5.41, 5.74) is -0.866. The number of hydrogen-bond acceptors (Lipinski definition) is 5. The summed E-state index contributed by atoms with van der Waals surface area (Å²) in [6.45, 7) is 1.91. The van der Waals surface area contributed by atoms with Gasteiger partial charge < -0.3 is 19.5 Å². The van der Waals surface area contributed by atoms with Crippen molar-refractivity contribution in [2.24, 2.45) is 0 Å². The monoisotopic (exact) mass is 253 g/mol. The molecule has 5 heteroatoms. The number of benzene rings is 1. The number of carbonyl (C=O) groups is 1. The van der Waals surface area contributed by atoms with Gasteiger partial charge in [0.1, 0.15) is 23.6 Å². The van der Waals surface area contributed by atoms with Gasteiger partial charge in [-0.05, 0) is 38.2 Å². The number of ether oxygens (including phenoxy) is 3. The summed E-state index contributed by atoms with van der Waals surface area (Å²) in [6.07, 6.45) is 0. The van der Waals surface area contributed by atoms with E-state index in [4.69, 9.17) is 14.2 Å². The maximum absolute atomic E-state index is 11.6. The molecule has 0 saturated carbocycles. The maximum atomic E-state index is 11.6. The first-order valence-electron chi connectivity index (χ1n) is 5.60. The van der Waals surface area contributed by atoms with Crippen LogP contribution in [-0.2, 0) is 9.53 Å². The van der Waals surface area contributed by atoms with E-state index in [1.807, 2.05) is 0 Å². The number of rotatable bonds is 6. The lowest BCUT2D eigenvalue weighted by atomic mass is 10.1. The zero-order chi connectivity index (χ0) is 13.6. The number of hydrogen-bond donors (Lipinski definition) is 1. The first-order chi connectivity index (χ1) is 8.55. The lowest BCUT2D eigenvalue weighted by molar-refractivity contribution is -0.148. The maximum Gasteiger partial charge on any atom is 0.329 e. The normalized spacial score (nSPS) is 13.6. The van der Waals surface area contributed by atoms with E-state index in [2.05, 4.69) is 5.32 Å². The standard InChI is InChI=1S/C13H19NO4/c1-13(14-2,12(15)17-4)9-18-11-7-5-10(16-3)6-8-11/h5-8,14H,9H2,1-4H3. The SMILES string of the molecule is CNC(C)(COc1ccc(OC)cc1)C(=O)OC. The smallest absolute Gasteiger partial charge is 0.329 e. The van der Waals surface area contributed by atoms with Crippen LogP contribution in [0.1, 0.15) is 6.92 Å². The molecular weight excluding hydrogens is 234 g/mol. The second-order valence-electron chi connectivity index (χ2n) is 4.04. The first-order valence-corrected chi connectivity index (χ1v) is 5.60. The fourth-order valence-corrected chi connectivity index (χ4v) is 1.36. The molecule has 0 fully saturated rings. The average Bonchev–Trinajstić information content (AvgIpc) is 2.44. The number of carbonyl (C=O) groups excluding carboxylic acids is 1. The molecule has 0 heterocycles. The highest BCUT2D eigenvalue weighted by Gasteiger charge is 2.33. The Hall–Kier alpha value is -1.75. The minimum absolute atomic E-state index is 0.183. The zero-order valence-electron chi connectivity index (χ0n) is 11.1. The van der Waals surface area contributed by atoms with Crippen molar-refractivity contribution in [3.05, 3.63) is 24.3 Å². The largest absolute Gasteiger partial charge is 0.497 e. The summed E-state index contributed by atoms with van der Waals surface area (Å²) in [5, 5.41) is 2.90. The predicted octanol–water partition coefficient (Wildman–Crippen LogP) is 1.23. The van der Waals surface area contributed by atoms with Crippen LogP contribution in [0.3, 0.4) is 0 Å². The van der Waals surface area contributed by atoms with Crippen molar-refractivity contribution in [3.63, 3.8) is 0 Å². The molecule has 1 atom stereocenters. The molecule has 0 aromatic heterocycles. The van der Waals surface area contributed by atoms with Crippen LogP contribution in [0.2, 0.25) is 0 Å². The zero-order valence-corrected chi connectivity index (χ0v) is 11.1. The number of esters is 1. The Morgan fingerprint density at radius 1 is 1.22 bits per heavy atom. The van der Waals surface area contributed by atoms with Gasteiger partial charge in [-0.1, -0.05) is 0 Å². The van der Waals surface area contributed by atoms with Gasteiger partial charge >= 0.3 is 5.97 Å². The average molecular weight is 253 g/mol. The molecule has 1 N–H and O–H groups in total. The molecular formula is C13H19NO4. The fourth-order valence-electron chi connectivity index (χ4n) is 1.36. The third-order valence-corrected chi connectivity index (χ3v) is 2.77. The highest BCUT2D eigenvalue weighted by atomic mass is 16.5. The second kappa shape index (κ2) is 6.26. The van der Waals surface area contributed by atoms with Crippen LogP contribution >= 0.6 is 0 Å². The van der Waals surface area contributed by atoms with Crippen LogP contribution in [0.25, 0.3) is 0 Å². The van der Waals surface area contributed by atoms with E-state index in [1.165, 1.54) is 7.11 Å². The quantitative estimate of drug-likeness (QED) is 0.773. The van der Waals surface area contributed by atoms with Crippen molar-refractivity contribution in [2.75, 3.05) is 27.9 Å². The van der Waals surface area contributed by atoms with E-state index >= 15 is 0 Å². The van der Waals surface area contributed by atoms with Crippen LogP contribution in [0.4, 0.5) is 0 Å². The minimum Gasteiger partial charge on any atom is -0.497 e. The Labute approximate surface area is 107 Å². The van der Waals surface area contributed by atoms with E-state index in [1.54, 1.807) is 45.3 Å². The Bertz CT molecular complexity index is 390. The highest BCUT2D eigenvalue weighted by molar-refractivity contribution is 5.80. The molecule has 0 amide bonds. The van der Waals surface area contributed by atoms with Gasteiger partial charge in [0.2, 0.25) is 0 Å². The lowest BCUT2D eigenvalue weighted by Crippen LogP contribution is -2.52. The van der Waals surface area contributed by atoms with Crippen LogP contribution < -0.4 is 14.8 Å². The summed E-state index contributed by atoms with van der Waals surface area (Å²) in [4.78, 5) is 11.6. The molecule has 0 radical (unpaired) electrons. The molecule has 0 aliphatic carbocycles. The number of methoxy groups -OCH3 is 2. The van der Waals surface area contributed by atoms with Gasteiger partial charge in [-0.15, -0.1) is 0 Å². The van der Waals surface area contributed by atoms with Crippen molar-refractivity contribution in [1.29, 1.82) is 0 Å². The topological polar surface area (TPSA) is 56.8 Å². The summed E-state index contributed by atoms with van der Waals surface area (Å²) < 4.78 is 15.3. The van der Waals surface area contributed by atoms with Crippen molar-refractivity contribution in [3.8, 4) is 11.5 Å². The third-order valence-electron chi connectivity index (χ3n) is 2.77. The van der Waals surface area contributed by atoms with E-state index in [9.17, 15) is 4.79 Å². The van der Waals surface area contributed by atoms with Gasteiger partial charge in [0, 0.05) is 0 Å². The van der Waals surface area contributed by atoms with Gasteiger partial charge in [-0.2, -0.15) is 0 Å². The van der Waals surface area contributed by atoms with E-state index in [0.29, 0.717) is 5.75 Å². The molecule has 1 aromatic rings. The van der Waals surface area contributed by atoms with Gasteiger partial charge in [-0.3, -0.25) is 0 Å². The molecule has 1 unspecified atom stereocenters. The summed E-state index contributed by atoms with van der Waals surface area (Å²) >= 11 is 0. The number of likely N-dealkylation sites (N-methyl/N-ethyl adjacent to an activating group) is 1. The summed E-state index contributed by atoms with van der Waals surface area (Å²) in [6, 6.07) is 7.16. The Balaban J connectivity index is 2.64. The Morgan fingerprint density at radius 3 is 2.22 bits per heavy atom. The third kappa shape index (κ3) is 3.37. The Kier molecular flexibility index (Phi) is 4.97.